The van der Waals surface area contributed by atoms with Crippen LogP contribution in [-0.2, 0) is 4.79 Å². The predicted molar refractivity (Wildman–Crippen MR) is 102 cm³/mol. The van der Waals surface area contributed by atoms with Crippen LogP contribution in [0.5, 0.6) is 5.75 Å². The van der Waals surface area contributed by atoms with Crippen molar-refractivity contribution in [1.29, 1.82) is 5.26 Å². The van der Waals surface area contributed by atoms with Gasteiger partial charge in [-0.05, 0) is 57.9 Å². The number of hydrogen-bond donors (Lipinski definition) is 1. The van der Waals surface area contributed by atoms with Crippen molar-refractivity contribution in [2.45, 2.75) is 13.0 Å². The molecule has 0 aliphatic rings. The van der Waals surface area contributed by atoms with Crippen LogP contribution in [0.25, 0.3) is 10.8 Å². The average molecular weight is 395 g/mol. The van der Waals surface area contributed by atoms with Gasteiger partial charge in [-0.2, -0.15) is 5.26 Å². The number of ether oxygens (including phenoxy) is 1. The number of rotatable bonds is 4. The zero-order valence-corrected chi connectivity index (χ0v) is 15.1. The van der Waals surface area contributed by atoms with Crippen LogP contribution < -0.4 is 10.1 Å². The number of carbonyl (C=O) groups is 1. The molecule has 4 nitrogen and oxygen atoms in total. The number of halogens is 1. The minimum absolute atomic E-state index is 0.282. The number of fused-ring (bicyclic) bond motifs is 1. The molecule has 3 aromatic rings. The summed E-state index contributed by atoms with van der Waals surface area (Å²) >= 11 is 3.55. The van der Waals surface area contributed by atoms with Gasteiger partial charge in [-0.15, -0.1) is 0 Å². The molecule has 124 valence electrons. The third-order valence-electron chi connectivity index (χ3n) is 3.76. The highest BCUT2D eigenvalue weighted by atomic mass is 79.9. The van der Waals surface area contributed by atoms with Crippen LogP contribution in [0.1, 0.15) is 12.5 Å². The minimum Gasteiger partial charge on any atom is -0.480 e. The molecule has 25 heavy (non-hydrogen) atoms. The molecule has 0 bridgehead atoms. The zero-order valence-electron chi connectivity index (χ0n) is 13.5. The molecule has 0 aromatic heterocycles. The lowest BCUT2D eigenvalue weighted by molar-refractivity contribution is -0.122. The number of benzene rings is 3. The van der Waals surface area contributed by atoms with Crippen molar-refractivity contribution in [3.63, 3.8) is 0 Å². The fourth-order valence-electron chi connectivity index (χ4n) is 2.46. The van der Waals surface area contributed by atoms with Gasteiger partial charge >= 0.3 is 0 Å². The molecule has 0 fully saturated rings. The lowest BCUT2D eigenvalue weighted by atomic mass is 10.1. The molecule has 3 rings (SSSR count). The fraction of sp³-hybridized carbons (Fsp3) is 0.100. The quantitative estimate of drug-likeness (QED) is 0.685. The number of carbonyl (C=O) groups excluding carboxylic acids is 1. The van der Waals surface area contributed by atoms with E-state index in [9.17, 15) is 4.79 Å². The monoisotopic (exact) mass is 394 g/mol. The molecule has 0 saturated carbocycles. The van der Waals surface area contributed by atoms with Crippen LogP contribution in [0.3, 0.4) is 0 Å². The van der Waals surface area contributed by atoms with E-state index in [0.29, 0.717) is 17.0 Å². The van der Waals surface area contributed by atoms with E-state index in [1.54, 1.807) is 31.2 Å². The predicted octanol–water partition coefficient (Wildman–Crippen LogP) is 4.88. The first kappa shape index (κ1) is 17.0. The second-order valence-electron chi connectivity index (χ2n) is 5.54. The maximum atomic E-state index is 12.4. The van der Waals surface area contributed by atoms with Gasteiger partial charge in [0.1, 0.15) is 5.75 Å². The van der Waals surface area contributed by atoms with E-state index in [2.05, 4.69) is 21.2 Å². The Kier molecular flexibility index (Phi) is 5.01. The number of anilines is 1. The standard InChI is InChI=1S/C20H15BrN2O2/c1-13(20(24)23-16-7-4-5-14(11-16)12-22)25-18-10-9-15-6-2-3-8-17(15)19(18)21/h2-11,13H,1H3,(H,23,24). The Labute approximate surface area is 154 Å². The summed E-state index contributed by atoms with van der Waals surface area (Å²) in [5.41, 5.74) is 1.06. The van der Waals surface area contributed by atoms with Crippen molar-refractivity contribution in [3.05, 3.63) is 70.7 Å². The Bertz CT molecular complexity index is 979. The van der Waals surface area contributed by atoms with Gasteiger partial charge in [0, 0.05) is 5.69 Å². The van der Waals surface area contributed by atoms with Crippen molar-refractivity contribution in [3.8, 4) is 11.8 Å². The summed E-state index contributed by atoms with van der Waals surface area (Å²) in [4.78, 5) is 12.4. The fourth-order valence-corrected chi connectivity index (χ4v) is 3.05. The van der Waals surface area contributed by atoms with Gasteiger partial charge in [0.25, 0.3) is 5.91 Å². The summed E-state index contributed by atoms with van der Waals surface area (Å²) in [5.74, 6) is 0.322. The number of nitrogens with zero attached hydrogens (tertiary/aromatic N) is 1. The first-order valence-corrected chi connectivity index (χ1v) is 8.52. The molecular formula is C20H15BrN2O2. The number of nitriles is 1. The number of nitrogens with one attached hydrogen (secondary N) is 1. The second kappa shape index (κ2) is 7.37. The zero-order chi connectivity index (χ0) is 17.8. The van der Waals surface area contributed by atoms with Crippen molar-refractivity contribution < 1.29 is 9.53 Å². The van der Waals surface area contributed by atoms with Crippen LogP contribution >= 0.6 is 15.9 Å². The summed E-state index contributed by atoms with van der Waals surface area (Å²) in [6.45, 7) is 1.69. The Hall–Kier alpha value is -2.84. The Morgan fingerprint density at radius 2 is 1.96 bits per heavy atom. The van der Waals surface area contributed by atoms with Gasteiger partial charge in [-0.3, -0.25) is 4.79 Å². The Morgan fingerprint density at radius 1 is 1.16 bits per heavy atom. The van der Waals surface area contributed by atoms with Crippen molar-refractivity contribution in [2.24, 2.45) is 0 Å². The molecule has 1 amide bonds. The third kappa shape index (κ3) is 3.81. The summed E-state index contributed by atoms with van der Waals surface area (Å²) < 4.78 is 6.64. The summed E-state index contributed by atoms with van der Waals surface area (Å²) in [6, 6.07) is 20.5. The molecule has 0 radical (unpaired) electrons. The molecule has 0 aliphatic carbocycles. The van der Waals surface area contributed by atoms with E-state index in [1.807, 2.05) is 42.5 Å². The highest BCUT2D eigenvalue weighted by Crippen LogP contribution is 2.33. The first-order valence-electron chi connectivity index (χ1n) is 7.73. The smallest absolute Gasteiger partial charge is 0.265 e. The molecule has 0 spiro atoms. The average Bonchev–Trinajstić information content (AvgIpc) is 2.64. The van der Waals surface area contributed by atoms with Gasteiger partial charge in [0.15, 0.2) is 6.10 Å². The molecule has 0 heterocycles. The van der Waals surface area contributed by atoms with Crippen molar-refractivity contribution in [2.75, 3.05) is 5.32 Å². The molecule has 1 atom stereocenters. The van der Waals surface area contributed by atoms with Crippen molar-refractivity contribution in [1.82, 2.24) is 0 Å². The molecule has 5 heteroatoms. The molecule has 3 aromatic carbocycles. The molecule has 1 N–H and O–H groups in total. The number of hydrogen-bond acceptors (Lipinski definition) is 3. The maximum absolute atomic E-state index is 12.4. The van der Waals surface area contributed by atoms with E-state index >= 15 is 0 Å². The topological polar surface area (TPSA) is 62.1 Å². The van der Waals surface area contributed by atoms with Gasteiger partial charge in [0.2, 0.25) is 0 Å². The van der Waals surface area contributed by atoms with Gasteiger partial charge in [-0.25, -0.2) is 0 Å². The molecule has 0 saturated heterocycles. The lowest BCUT2D eigenvalue weighted by Crippen LogP contribution is -2.30. The highest BCUT2D eigenvalue weighted by Gasteiger charge is 2.17. The molecular weight excluding hydrogens is 380 g/mol. The maximum Gasteiger partial charge on any atom is 0.265 e. The van der Waals surface area contributed by atoms with E-state index in [1.165, 1.54) is 0 Å². The molecule has 1 unspecified atom stereocenters. The van der Waals surface area contributed by atoms with Crippen LogP contribution in [0.15, 0.2) is 65.1 Å². The minimum atomic E-state index is -0.691. The summed E-state index contributed by atoms with van der Waals surface area (Å²) in [5, 5.41) is 13.8. The Balaban J connectivity index is 1.75. The van der Waals surface area contributed by atoms with Crippen molar-refractivity contribution >= 4 is 38.3 Å². The van der Waals surface area contributed by atoms with E-state index in [4.69, 9.17) is 10.00 Å². The lowest BCUT2D eigenvalue weighted by Gasteiger charge is -2.16. The Morgan fingerprint density at radius 3 is 2.76 bits per heavy atom. The van der Waals surface area contributed by atoms with E-state index < -0.39 is 6.10 Å². The largest absolute Gasteiger partial charge is 0.480 e. The van der Waals surface area contributed by atoms with E-state index in [0.717, 1.165) is 15.2 Å². The normalized spacial score (nSPS) is 11.6. The first-order chi connectivity index (χ1) is 12.1. The van der Waals surface area contributed by atoms with E-state index in [-0.39, 0.29) is 5.91 Å². The second-order valence-corrected chi connectivity index (χ2v) is 6.33. The molecule has 0 aliphatic heterocycles. The van der Waals surface area contributed by atoms with Crippen LogP contribution in [0, 0.1) is 11.3 Å². The van der Waals surface area contributed by atoms with Crippen LogP contribution in [0.4, 0.5) is 5.69 Å². The third-order valence-corrected chi connectivity index (χ3v) is 4.58. The van der Waals surface area contributed by atoms with Crippen LogP contribution in [0.2, 0.25) is 0 Å². The van der Waals surface area contributed by atoms with Crippen LogP contribution in [-0.4, -0.2) is 12.0 Å². The SMILES string of the molecule is CC(Oc1ccc2ccccc2c1Br)C(=O)Nc1cccc(C#N)c1. The van der Waals surface area contributed by atoms with Gasteiger partial charge in [-0.1, -0.05) is 36.4 Å². The van der Waals surface area contributed by atoms with Gasteiger partial charge in [0.05, 0.1) is 16.1 Å². The highest BCUT2D eigenvalue weighted by molar-refractivity contribution is 9.10. The number of amides is 1. The summed E-state index contributed by atoms with van der Waals surface area (Å²) in [7, 11) is 0. The van der Waals surface area contributed by atoms with Gasteiger partial charge < -0.3 is 10.1 Å². The summed E-state index contributed by atoms with van der Waals surface area (Å²) in [6.07, 6.45) is -0.691.